The molecule has 0 unspecified atom stereocenters. The molecule has 27 heavy (non-hydrogen) atoms. The number of carbonyl (C=O) groups excluding carboxylic acids is 1. The van der Waals surface area contributed by atoms with Gasteiger partial charge in [-0.25, -0.2) is 9.97 Å². The van der Waals surface area contributed by atoms with Gasteiger partial charge in [0.05, 0.1) is 29.8 Å². The Hall–Kier alpha value is -2.64. The first kappa shape index (κ1) is 16.5. The van der Waals surface area contributed by atoms with Gasteiger partial charge in [-0.3, -0.25) is 9.69 Å². The van der Waals surface area contributed by atoms with Crippen LogP contribution in [0, 0.1) is 0 Å². The van der Waals surface area contributed by atoms with Gasteiger partial charge in [-0.2, -0.15) is 0 Å². The SMILES string of the molecule is O=C(c1cnc(O[C@@H]2CCOC2)c(Cl)c1)N1CCn2c1nc1ccccc12. The Kier molecular flexibility index (Phi) is 3.98. The van der Waals surface area contributed by atoms with Crippen molar-refractivity contribution in [1.29, 1.82) is 0 Å². The van der Waals surface area contributed by atoms with Crippen molar-refractivity contribution >= 4 is 34.5 Å². The van der Waals surface area contributed by atoms with Crippen LogP contribution in [0.3, 0.4) is 0 Å². The van der Waals surface area contributed by atoms with Crippen molar-refractivity contribution in [1.82, 2.24) is 14.5 Å². The third kappa shape index (κ3) is 2.83. The highest BCUT2D eigenvalue weighted by atomic mass is 35.5. The molecule has 8 heteroatoms. The average Bonchev–Trinajstić information content (AvgIpc) is 3.39. The van der Waals surface area contributed by atoms with Gasteiger partial charge in [-0.05, 0) is 18.2 Å². The van der Waals surface area contributed by atoms with Gasteiger partial charge in [0, 0.05) is 25.7 Å². The number of hydrogen-bond donors (Lipinski definition) is 0. The molecule has 0 saturated carbocycles. The van der Waals surface area contributed by atoms with E-state index in [0.717, 1.165) is 17.5 Å². The van der Waals surface area contributed by atoms with Crippen molar-refractivity contribution in [2.75, 3.05) is 24.7 Å². The van der Waals surface area contributed by atoms with Crippen LogP contribution >= 0.6 is 11.6 Å². The van der Waals surface area contributed by atoms with Crippen molar-refractivity contribution in [2.45, 2.75) is 19.1 Å². The second kappa shape index (κ2) is 6.51. The number of imidazole rings is 1. The second-order valence-corrected chi connectivity index (χ2v) is 7.03. The Morgan fingerprint density at radius 3 is 3.00 bits per heavy atom. The molecule has 0 bridgehead atoms. The van der Waals surface area contributed by atoms with E-state index in [2.05, 4.69) is 14.5 Å². The van der Waals surface area contributed by atoms with Gasteiger partial charge in [0.15, 0.2) is 0 Å². The van der Waals surface area contributed by atoms with Crippen molar-refractivity contribution in [3.8, 4) is 5.88 Å². The van der Waals surface area contributed by atoms with Gasteiger partial charge in [0.2, 0.25) is 11.8 Å². The predicted octanol–water partition coefficient (Wildman–Crippen LogP) is 2.91. The fourth-order valence-corrected chi connectivity index (χ4v) is 3.74. The lowest BCUT2D eigenvalue weighted by molar-refractivity contribution is 0.0988. The number of fused-ring (bicyclic) bond motifs is 3. The zero-order valence-corrected chi connectivity index (χ0v) is 15.2. The van der Waals surface area contributed by atoms with E-state index >= 15 is 0 Å². The second-order valence-electron chi connectivity index (χ2n) is 6.62. The number of hydrogen-bond acceptors (Lipinski definition) is 5. The van der Waals surface area contributed by atoms with Crippen LogP contribution in [0.2, 0.25) is 5.02 Å². The number of anilines is 1. The Morgan fingerprint density at radius 1 is 1.30 bits per heavy atom. The minimum absolute atomic E-state index is 0.0463. The van der Waals surface area contributed by atoms with Crippen LogP contribution in [0.5, 0.6) is 5.88 Å². The maximum absolute atomic E-state index is 13.0. The number of benzene rings is 1. The highest BCUT2D eigenvalue weighted by Crippen LogP contribution is 2.30. The molecule has 1 atom stereocenters. The zero-order valence-electron chi connectivity index (χ0n) is 14.5. The highest BCUT2D eigenvalue weighted by Gasteiger charge is 2.30. The zero-order chi connectivity index (χ0) is 18.4. The minimum Gasteiger partial charge on any atom is -0.471 e. The molecular formula is C19H17ClN4O3. The monoisotopic (exact) mass is 384 g/mol. The van der Waals surface area contributed by atoms with Gasteiger partial charge in [-0.15, -0.1) is 0 Å². The number of halogens is 1. The average molecular weight is 385 g/mol. The van der Waals surface area contributed by atoms with Crippen LogP contribution in [-0.4, -0.2) is 46.3 Å². The Balaban J connectivity index is 1.41. The van der Waals surface area contributed by atoms with Gasteiger partial charge >= 0.3 is 0 Å². The third-order valence-corrected chi connectivity index (χ3v) is 5.16. The normalized spacial score (nSPS) is 18.9. The van der Waals surface area contributed by atoms with Crippen molar-refractivity contribution in [3.05, 3.63) is 47.1 Å². The van der Waals surface area contributed by atoms with E-state index in [1.54, 1.807) is 11.0 Å². The summed E-state index contributed by atoms with van der Waals surface area (Å²) in [6.45, 7) is 2.49. The standard InChI is InChI=1S/C19H17ClN4O3/c20-14-9-12(10-21-17(14)27-13-5-8-26-11-13)18(25)24-7-6-23-16-4-2-1-3-15(16)22-19(23)24/h1-4,9-10,13H,5-8,11H2/t13-/m1/s1. The molecule has 1 amide bonds. The fourth-order valence-electron chi connectivity index (χ4n) is 3.53. The van der Waals surface area contributed by atoms with E-state index in [-0.39, 0.29) is 12.0 Å². The van der Waals surface area contributed by atoms with E-state index in [9.17, 15) is 4.79 Å². The van der Waals surface area contributed by atoms with E-state index in [4.69, 9.17) is 21.1 Å². The first-order valence-electron chi connectivity index (χ1n) is 8.88. The number of ether oxygens (including phenoxy) is 2. The quantitative estimate of drug-likeness (QED) is 0.694. The number of amides is 1. The molecule has 1 saturated heterocycles. The molecule has 4 heterocycles. The molecule has 0 radical (unpaired) electrons. The molecule has 2 aliphatic heterocycles. The number of rotatable bonds is 3. The molecule has 2 aliphatic rings. The first-order chi connectivity index (χ1) is 13.2. The molecule has 138 valence electrons. The summed E-state index contributed by atoms with van der Waals surface area (Å²) >= 11 is 6.30. The van der Waals surface area contributed by atoms with E-state index < -0.39 is 0 Å². The number of carbonyl (C=O) groups is 1. The van der Waals surface area contributed by atoms with Crippen molar-refractivity contribution < 1.29 is 14.3 Å². The molecule has 7 nitrogen and oxygen atoms in total. The smallest absolute Gasteiger partial charge is 0.262 e. The minimum atomic E-state index is -0.172. The number of nitrogens with zero attached hydrogens (tertiary/aromatic N) is 4. The molecule has 0 aliphatic carbocycles. The summed E-state index contributed by atoms with van der Waals surface area (Å²) < 4.78 is 13.1. The van der Waals surface area contributed by atoms with Crippen LogP contribution in [0.25, 0.3) is 11.0 Å². The van der Waals surface area contributed by atoms with E-state index in [1.807, 2.05) is 24.3 Å². The largest absolute Gasteiger partial charge is 0.471 e. The Bertz CT molecular complexity index is 1030. The number of para-hydroxylation sites is 2. The van der Waals surface area contributed by atoms with Gasteiger partial charge in [-0.1, -0.05) is 23.7 Å². The molecular weight excluding hydrogens is 368 g/mol. The lowest BCUT2D eigenvalue weighted by Crippen LogP contribution is -2.29. The van der Waals surface area contributed by atoms with Crippen LogP contribution in [0.15, 0.2) is 36.5 Å². The van der Waals surface area contributed by atoms with Gasteiger partial charge < -0.3 is 14.0 Å². The van der Waals surface area contributed by atoms with Crippen LogP contribution in [0.1, 0.15) is 16.8 Å². The van der Waals surface area contributed by atoms with Crippen LogP contribution in [-0.2, 0) is 11.3 Å². The molecule has 3 aromatic rings. The predicted molar refractivity (Wildman–Crippen MR) is 101 cm³/mol. The van der Waals surface area contributed by atoms with E-state index in [1.165, 1.54) is 6.20 Å². The third-order valence-electron chi connectivity index (χ3n) is 4.89. The molecule has 5 rings (SSSR count). The first-order valence-corrected chi connectivity index (χ1v) is 9.25. The maximum atomic E-state index is 13.0. The summed E-state index contributed by atoms with van der Waals surface area (Å²) in [5.74, 6) is 0.812. The van der Waals surface area contributed by atoms with Crippen molar-refractivity contribution in [3.63, 3.8) is 0 Å². The summed E-state index contributed by atoms with van der Waals surface area (Å²) in [6, 6.07) is 9.47. The maximum Gasteiger partial charge on any atom is 0.262 e. The molecule has 1 fully saturated rings. The van der Waals surface area contributed by atoms with Gasteiger partial charge in [0.25, 0.3) is 5.91 Å². The lowest BCUT2D eigenvalue weighted by atomic mass is 10.2. The Labute approximate surface area is 160 Å². The number of aromatic nitrogens is 3. The molecule has 1 aromatic carbocycles. The number of pyridine rings is 1. The van der Waals surface area contributed by atoms with Crippen molar-refractivity contribution in [2.24, 2.45) is 0 Å². The Morgan fingerprint density at radius 2 is 2.19 bits per heavy atom. The lowest BCUT2D eigenvalue weighted by Gasteiger charge is -2.15. The summed E-state index contributed by atoms with van der Waals surface area (Å²) in [5, 5.41) is 0.320. The summed E-state index contributed by atoms with van der Waals surface area (Å²) in [4.78, 5) is 23.5. The summed E-state index contributed by atoms with van der Waals surface area (Å²) in [6.07, 6.45) is 2.27. The topological polar surface area (TPSA) is 69.5 Å². The highest BCUT2D eigenvalue weighted by molar-refractivity contribution is 6.32. The van der Waals surface area contributed by atoms with Crippen LogP contribution < -0.4 is 9.64 Å². The fraction of sp³-hybridized carbons (Fsp3) is 0.316. The summed E-state index contributed by atoms with van der Waals surface area (Å²) in [5.41, 5.74) is 2.32. The molecule has 0 spiro atoms. The van der Waals surface area contributed by atoms with Crippen LogP contribution in [0.4, 0.5) is 5.95 Å². The molecule has 2 aromatic heterocycles. The summed E-state index contributed by atoms with van der Waals surface area (Å²) in [7, 11) is 0. The van der Waals surface area contributed by atoms with Gasteiger partial charge in [0.1, 0.15) is 11.1 Å². The molecule has 0 N–H and O–H groups in total. The van der Waals surface area contributed by atoms with E-state index in [0.29, 0.717) is 48.7 Å².